The van der Waals surface area contributed by atoms with Crippen LogP contribution in [0.2, 0.25) is 0 Å². The Morgan fingerprint density at radius 3 is 2.67 bits per heavy atom. The molecule has 1 atom stereocenters. The first-order valence-electron chi connectivity index (χ1n) is 6.11. The molecule has 1 aliphatic heterocycles. The minimum Gasteiger partial charge on any atom is -0.433 e. The van der Waals surface area contributed by atoms with E-state index >= 15 is 0 Å². The number of esters is 1. The van der Waals surface area contributed by atoms with Gasteiger partial charge in [-0.2, -0.15) is 0 Å². The fourth-order valence-electron chi connectivity index (χ4n) is 1.47. The van der Waals surface area contributed by atoms with Crippen LogP contribution in [0.25, 0.3) is 0 Å². The molecule has 5 heteroatoms. The highest BCUT2D eigenvalue weighted by Crippen LogP contribution is 2.23. The van der Waals surface area contributed by atoms with Gasteiger partial charge in [-0.1, -0.05) is 20.4 Å². The average molecular weight is 258 g/mol. The van der Waals surface area contributed by atoms with Gasteiger partial charge < -0.3 is 18.9 Å². The van der Waals surface area contributed by atoms with Crippen molar-refractivity contribution in [2.24, 2.45) is 5.41 Å². The Balaban J connectivity index is 2.11. The molecule has 1 rings (SSSR count). The lowest BCUT2D eigenvalue weighted by molar-refractivity contribution is -0.232. The van der Waals surface area contributed by atoms with Crippen LogP contribution >= 0.6 is 0 Å². The lowest BCUT2D eigenvalue weighted by Gasteiger charge is -2.34. The van der Waals surface area contributed by atoms with Gasteiger partial charge >= 0.3 is 5.97 Å². The van der Waals surface area contributed by atoms with E-state index in [1.807, 2.05) is 0 Å². The first kappa shape index (κ1) is 15.1. The highest BCUT2D eigenvalue weighted by atomic mass is 16.7. The highest BCUT2D eigenvalue weighted by Gasteiger charge is 2.28. The minimum absolute atomic E-state index is 0.0736. The normalized spacial score (nSPS) is 21.3. The van der Waals surface area contributed by atoms with Gasteiger partial charge in [0.25, 0.3) is 0 Å². The van der Waals surface area contributed by atoms with Crippen molar-refractivity contribution in [3.8, 4) is 0 Å². The van der Waals surface area contributed by atoms with Crippen LogP contribution in [-0.4, -0.2) is 38.4 Å². The summed E-state index contributed by atoms with van der Waals surface area (Å²) in [5.41, 5.74) is 0.0736. The maximum Gasteiger partial charge on any atom is 0.332 e. The summed E-state index contributed by atoms with van der Waals surface area (Å²) >= 11 is 0. The summed E-state index contributed by atoms with van der Waals surface area (Å²) in [5, 5.41) is 0. The van der Waals surface area contributed by atoms with Crippen molar-refractivity contribution in [1.82, 2.24) is 0 Å². The molecule has 18 heavy (non-hydrogen) atoms. The Hall–Kier alpha value is -0.910. The van der Waals surface area contributed by atoms with Crippen LogP contribution in [0.3, 0.4) is 0 Å². The Morgan fingerprint density at radius 1 is 1.50 bits per heavy atom. The topological polar surface area (TPSA) is 54.0 Å². The van der Waals surface area contributed by atoms with E-state index in [0.29, 0.717) is 26.2 Å². The van der Waals surface area contributed by atoms with Crippen LogP contribution in [0.5, 0.6) is 0 Å². The van der Waals surface area contributed by atoms with Crippen molar-refractivity contribution >= 4 is 5.97 Å². The van der Waals surface area contributed by atoms with E-state index in [2.05, 4.69) is 20.4 Å². The molecule has 1 fully saturated rings. The van der Waals surface area contributed by atoms with Crippen molar-refractivity contribution in [3.63, 3.8) is 0 Å². The van der Waals surface area contributed by atoms with Crippen LogP contribution in [0, 0.1) is 5.41 Å². The fraction of sp³-hybridized carbons (Fsp3) is 0.769. The molecule has 5 nitrogen and oxygen atoms in total. The highest BCUT2D eigenvalue weighted by molar-refractivity contribution is 5.81. The molecule has 0 aromatic rings. The van der Waals surface area contributed by atoms with E-state index in [1.165, 1.54) is 0 Å². The summed E-state index contributed by atoms with van der Waals surface area (Å²) in [6.45, 7) is 10.9. The fourth-order valence-corrected chi connectivity index (χ4v) is 1.47. The standard InChI is InChI=1S/C13H22O5/c1-5-11(14)18-10(2)15-7-6-12-16-8-13(3,4)9-17-12/h5,10,12H,1,6-9H2,2-4H3. The Bertz CT molecular complexity index is 277. The Morgan fingerprint density at radius 2 is 2.11 bits per heavy atom. The molecule has 0 aliphatic carbocycles. The zero-order valence-corrected chi connectivity index (χ0v) is 11.3. The molecule has 0 N–H and O–H groups in total. The molecule has 1 saturated heterocycles. The number of hydrogen-bond donors (Lipinski definition) is 0. The molecule has 0 amide bonds. The summed E-state index contributed by atoms with van der Waals surface area (Å²) in [5.74, 6) is -0.491. The molecular weight excluding hydrogens is 236 g/mol. The lowest BCUT2D eigenvalue weighted by atomic mass is 9.95. The van der Waals surface area contributed by atoms with Crippen molar-refractivity contribution < 1.29 is 23.7 Å². The molecule has 1 heterocycles. The van der Waals surface area contributed by atoms with E-state index in [9.17, 15) is 4.79 Å². The summed E-state index contributed by atoms with van der Waals surface area (Å²) in [7, 11) is 0. The Labute approximate surface area is 108 Å². The van der Waals surface area contributed by atoms with E-state index in [1.54, 1.807) is 6.92 Å². The van der Waals surface area contributed by atoms with Gasteiger partial charge in [-0.05, 0) is 6.92 Å². The summed E-state index contributed by atoms with van der Waals surface area (Å²) in [4.78, 5) is 10.9. The van der Waals surface area contributed by atoms with Crippen molar-refractivity contribution in [1.29, 1.82) is 0 Å². The van der Waals surface area contributed by atoms with Crippen LogP contribution in [0.15, 0.2) is 12.7 Å². The van der Waals surface area contributed by atoms with Gasteiger partial charge in [0.05, 0.1) is 19.8 Å². The van der Waals surface area contributed by atoms with Gasteiger partial charge in [0.15, 0.2) is 12.6 Å². The number of ether oxygens (including phenoxy) is 4. The lowest BCUT2D eigenvalue weighted by Crippen LogP contribution is -2.38. The molecular formula is C13H22O5. The molecule has 0 saturated carbocycles. The van der Waals surface area contributed by atoms with Crippen LogP contribution in [0.4, 0.5) is 0 Å². The largest absolute Gasteiger partial charge is 0.433 e. The van der Waals surface area contributed by atoms with Gasteiger partial charge in [0, 0.05) is 17.9 Å². The predicted octanol–water partition coefficient (Wildman–Crippen LogP) is 1.87. The molecule has 0 radical (unpaired) electrons. The summed E-state index contributed by atoms with van der Waals surface area (Å²) in [6.07, 6.45) is 0.900. The molecule has 0 bridgehead atoms. The molecule has 0 aromatic heterocycles. The first-order chi connectivity index (χ1) is 8.43. The maximum atomic E-state index is 10.9. The Kier molecular flexibility index (Phi) is 5.78. The predicted molar refractivity (Wildman–Crippen MR) is 65.8 cm³/mol. The SMILES string of the molecule is C=CC(=O)OC(C)OCCC1OCC(C)(C)CO1. The third-order valence-corrected chi connectivity index (χ3v) is 2.47. The quantitative estimate of drug-likeness (QED) is 0.413. The number of rotatable bonds is 6. The van der Waals surface area contributed by atoms with E-state index in [-0.39, 0.29) is 11.7 Å². The van der Waals surface area contributed by atoms with E-state index < -0.39 is 12.3 Å². The van der Waals surface area contributed by atoms with Crippen LogP contribution < -0.4 is 0 Å². The second-order valence-electron chi connectivity index (χ2n) is 5.08. The smallest absolute Gasteiger partial charge is 0.332 e. The summed E-state index contributed by atoms with van der Waals surface area (Å²) in [6, 6.07) is 0. The third kappa shape index (κ3) is 5.62. The van der Waals surface area contributed by atoms with Crippen LogP contribution in [-0.2, 0) is 23.7 Å². The first-order valence-corrected chi connectivity index (χ1v) is 6.11. The van der Waals surface area contributed by atoms with Gasteiger partial charge in [0.2, 0.25) is 0 Å². The zero-order chi connectivity index (χ0) is 13.6. The van der Waals surface area contributed by atoms with Gasteiger partial charge in [0.1, 0.15) is 0 Å². The molecule has 0 spiro atoms. The van der Waals surface area contributed by atoms with Crippen molar-refractivity contribution in [2.45, 2.75) is 39.8 Å². The second-order valence-corrected chi connectivity index (χ2v) is 5.08. The van der Waals surface area contributed by atoms with Crippen molar-refractivity contribution in [2.75, 3.05) is 19.8 Å². The number of carbonyl (C=O) groups is 1. The number of carbonyl (C=O) groups excluding carboxylic acids is 1. The third-order valence-electron chi connectivity index (χ3n) is 2.47. The number of hydrogen-bond acceptors (Lipinski definition) is 5. The average Bonchev–Trinajstić information content (AvgIpc) is 2.31. The maximum absolute atomic E-state index is 10.9. The molecule has 104 valence electrons. The van der Waals surface area contributed by atoms with Crippen LogP contribution in [0.1, 0.15) is 27.2 Å². The van der Waals surface area contributed by atoms with E-state index in [4.69, 9.17) is 18.9 Å². The molecule has 1 aliphatic rings. The molecule has 0 aromatic carbocycles. The van der Waals surface area contributed by atoms with Gasteiger partial charge in [-0.3, -0.25) is 0 Å². The van der Waals surface area contributed by atoms with E-state index in [0.717, 1.165) is 6.08 Å². The summed E-state index contributed by atoms with van der Waals surface area (Å²) < 4.78 is 21.3. The monoisotopic (exact) mass is 258 g/mol. The second kappa shape index (κ2) is 6.87. The van der Waals surface area contributed by atoms with Gasteiger partial charge in [-0.15, -0.1) is 0 Å². The van der Waals surface area contributed by atoms with Crippen molar-refractivity contribution in [3.05, 3.63) is 12.7 Å². The zero-order valence-electron chi connectivity index (χ0n) is 11.3. The molecule has 1 unspecified atom stereocenters. The minimum atomic E-state index is -0.587. The van der Waals surface area contributed by atoms with Gasteiger partial charge in [-0.25, -0.2) is 4.79 Å².